The zero-order valence-electron chi connectivity index (χ0n) is 25.0. The number of methoxy groups -OCH3 is 4. The Morgan fingerprint density at radius 1 is 0.780 bits per heavy atom. The lowest BCUT2D eigenvalue weighted by molar-refractivity contribution is -0.134. The maximum Gasteiger partial charge on any atom is 0.410 e. The van der Waals surface area contributed by atoms with Crippen LogP contribution < -0.4 is 23.8 Å². The van der Waals surface area contributed by atoms with E-state index in [1.807, 2.05) is 45.0 Å². The average molecular weight is 572 g/mol. The molecule has 0 unspecified atom stereocenters. The molecule has 0 aliphatic carbocycles. The Morgan fingerprint density at radius 2 is 1.34 bits per heavy atom. The van der Waals surface area contributed by atoms with E-state index in [2.05, 4.69) is 0 Å². The van der Waals surface area contributed by atoms with Gasteiger partial charge in [-0.2, -0.15) is 0 Å². The smallest absolute Gasteiger partial charge is 0.410 e. The Morgan fingerprint density at radius 3 is 1.83 bits per heavy atom. The lowest BCUT2D eigenvalue weighted by atomic mass is 10.1. The number of hydrogen-bond acceptors (Lipinski definition) is 8. The first-order valence-electron chi connectivity index (χ1n) is 13.5. The van der Waals surface area contributed by atoms with Crippen molar-refractivity contribution in [2.24, 2.45) is 0 Å². The number of rotatable bonds is 10. The first-order valence-corrected chi connectivity index (χ1v) is 13.5. The van der Waals surface area contributed by atoms with E-state index >= 15 is 0 Å². The van der Waals surface area contributed by atoms with Crippen molar-refractivity contribution in [1.82, 2.24) is 9.80 Å². The van der Waals surface area contributed by atoms with Crippen LogP contribution in [0.4, 0.5) is 10.5 Å². The average Bonchev–Trinajstić information content (AvgIpc) is 2.97. The van der Waals surface area contributed by atoms with E-state index in [-0.39, 0.29) is 37.3 Å². The molecular formula is C30H41N3O8. The third-order valence-electron chi connectivity index (χ3n) is 6.60. The summed E-state index contributed by atoms with van der Waals surface area (Å²) >= 11 is 0. The van der Waals surface area contributed by atoms with Crippen molar-refractivity contribution < 1.29 is 38.1 Å². The monoisotopic (exact) mass is 571 g/mol. The number of benzene rings is 2. The van der Waals surface area contributed by atoms with Crippen LogP contribution in [0.25, 0.3) is 0 Å². The minimum absolute atomic E-state index is 0.00206. The fraction of sp³-hybridized carbons (Fsp3) is 0.500. The number of hydrogen-bond donors (Lipinski definition) is 0. The predicted octanol–water partition coefficient (Wildman–Crippen LogP) is 4.11. The summed E-state index contributed by atoms with van der Waals surface area (Å²) in [6, 6.07) is 10.8. The third kappa shape index (κ3) is 8.42. The molecule has 2 aromatic carbocycles. The Hall–Kier alpha value is -4.15. The highest BCUT2D eigenvalue weighted by Crippen LogP contribution is 2.41. The van der Waals surface area contributed by atoms with Crippen molar-refractivity contribution >= 4 is 23.6 Å². The largest absolute Gasteiger partial charge is 0.497 e. The van der Waals surface area contributed by atoms with Crippen molar-refractivity contribution in [2.75, 3.05) is 59.5 Å². The second kappa shape index (κ2) is 14.0. The Balaban J connectivity index is 1.73. The summed E-state index contributed by atoms with van der Waals surface area (Å²) in [5.41, 5.74) is 0.830. The fourth-order valence-corrected chi connectivity index (χ4v) is 4.43. The van der Waals surface area contributed by atoms with E-state index in [1.165, 1.54) is 21.3 Å². The van der Waals surface area contributed by atoms with Gasteiger partial charge in [-0.3, -0.25) is 9.59 Å². The summed E-state index contributed by atoms with van der Waals surface area (Å²) < 4.78 is 27.1. The lowest BCUT2D eigenvalue weighted by Crippen LogP contribution is -2.51. The zero-order chi connectivity index (χ0) is 30.2. The zero-order valence-corrected chi connectivity index (χ0v) is 25.0. The number of ether oxygens (including phenoxy) is 5. The van der Waals surface area contributed by atoms with Gasteiger partial charge < -0.3 is 38.4 Å². The molecule has 11 heteroatoms. The molecule has 0 bridgehead atoms. The van der Waals surface area contributed by atoms with Gasteiger partial charge in [-0.1, -0.05) is 12.1 Å². The maximum absolute atomic E-state index is 13.6. The molecule has 3 amide bonds. The quantitative estimate of drug-likeness (QED) is 0.419. The molecule has 11 nitrogen and oxygen atoms in total. The lowest BCUT2D eigenvalue weighted by Gasteiger charge is -2.35. The van der Waals surface area contributed by atoms with E-state index in [0.29, 0.717) is 54.9 Å². The Kier molecular flexibility index (Phi) is 10.7. The second-order valence-corrected chi connectivity index (χ2v) is 10.6. The van der Waals surface area contributed by atoms with Crippen LogP contribution in [0.1, 0.15) is 39.2 Å². The van der Waals surface area contributed by atoms with Crippen molar-refractivity contribution in [3.05, 3.63) is 42.0 Å². The molecule has 41 heavy (non-hydrogen) atoms. The molecule has 0 atom stereocenters. The maximum atomic E-state index is 13.6. The number of piperazine rings is 1. The number of nitrogens with zero attached hydrogens (tertiary/aromatic N) is 3. The highest BCUT2D eigenvalue weighted by Gasteiger charge is 2.28. The molecular weight excluding hydrogens is 530 g/mol. The van der Waals surface area contributed by atoms with Gasteiger partial charge in [-0.05, 0) is 38.5 Å². The van der Waals surface area contributed by atoms with Crippen molar-refractivity contribution in [1.29, 1.82) is 0 Å². The molecule has 0 N–H and O–H groups in total. The van der Waals surface area contributed by atoms with E-state index < -0.39 is 5.60 Å². The predicted molar refractivity (Wildman–Crippen MR) is 154 cm³/mol. The normalized spacial score (nSPS) is 13.3. The molecule has 1 aliphatic heterocycles. The van der Waals surface area contributed by atoms with Gasteiger partial charge >= 0.3 is 6.09 Å². The van der Waals surface area contributed by atoms with Crippen LogP contribution in [-0.2, 0) is 20.9 Å². The van der Waals surface area contributed by atoms with Gasteiger partial charge in [-0.25, -0.2) is 4.79 Å². The minimum Gasteiger partial charge on any atom is -0.497 e. The molecule has 1 fully saturated rings. The van der Waals surface area contributed by atoms with Crippen molar-refractivity contribution in [2.45, 2.75) is 45.8 Å². The van der Waals surface area contributed by atoms with Crippen molar-refractivity contribution in [3.8, 4) is 23.0 Å². The molecule has 0 spiro atoms. The van der Waals surface area contributed by atoms with Gasteiger partial charge in [0.05, 0.1) is 40.7 Å². The number of carbonyl (C=O) groups is 3. The molecule has 2 aromatic rings. The van der Waals surface area contributed by atoms with Gasteiger partial charge in [0, 0.05) is 51.2 Å². The van der Waals surface area contributed by atoms with Crippen LogP contribution >= 0.6 is 0 Å². The number of anilines is 1. The van der Waals surface area contributed by atoms with Crippen LogP contribution in [0.2, 0.25) is 0 Å². The highest BCUT2D eigenvalue weighted by atomic mass is 16.6. The summed E-state index contributed by atoms with van der Waals surface area (Å²) in [5, 5.41) is 0. The number of amides is 3. The van der Waals surface area contributed by atoms with Crippen LogP contribution in [0.5, 0.6) is 23.0 Å². The second-order valence-electron chi connectivity index (χ2n) is 10.6. The van der Waals surface area contributed by atoms with Crippen LogP contribution in [0.3, 0.4) is 0 Å². The van der Waals surface area contributed by atoms with Crippen LogP contribution in [-0.4, -0.2) is 87.9 Å². The number of carbonyl (C=O) groups excluding carboxylic acids is 3. The first kappa shape index (κ1) is 31.4. The molecule has 1 heterocycles. The first-order chi connectivity index (χ1) is 19.5. The van der Waals surface area contributed by atoms with Crippen LogP contribution in [0.15, 0.2) is 36.4 Å². The Bertz CT molecular complexity index is 1180. The molecule has 3 rings (SSSR count). The third-order valence-corrected chi connectivity index (χ3v) is 6.60. The molecule has 1 aliphatic rings. The molecule has 0 radical (unpaired) electrons. The molecule has 0 aromatic heterocycles. The summed E-state index contributed by atoms with van der Waals surface area (Å²) in [4.78, 5) is 43.9. The SMILES string of the molecule is COc1ccc(CN(C(=O)CCC(=O)N2CCN(C(=O)OC(C)(C)C)CC2)c2cc(OC)c(OC)c(OC)c2)cc1. The molecule has 1 saturated heterocycles. The van der Waals surface area contributed by atoms with E-state index in [9.17, 15) is 14.4 Å². The Labute approximate surface area is 241 Å². The standard InChI is InChI=1S/C30H41N3O8/c1-30(2,3)41-29(36)32-16-14-31(15-17-32)26(34)12-13-27(35)33(20-21-8-10-23(37-4)11-9-21)22-18-24(38-5)28(40-7)25(19-22)39-6/h8-11,18-19H,12-17,20H2,1-7H3. The summed E-state index contributed by atoms with van der Waals surface area (Å²) in [6.07, 6.45) is -0.355. The van der Waals surface area contributed by atoms with Gasteiger partial charge in [0.15, 0.2) is 11.5 Å². The van der Waals surface area contributed by atoms with Crippen molar-refractivity contribution in [3.63, 3.8) is 0 Å². The summed E-state index contributed by atoms with van der Waals surface area (Å²) in [7, 11) is 6.13. The van der Waals surface area contributed by atoms with Gasteiger partial charge in [0.2, 0.25) is 17.6 Å². The van der Waals surface area contributed by atoms with Gasteiger partial charge in [0.25, 0.3) is 0 Å². The summed E-state index contributed by atoms with van der Waals surface area (Å²) in [6.45, 7) is 7.23. The molecule has 224 valence electrons. The van der Waals surface area contributed by atoms with E-state index in [0.717, 1.165) is 5.56 Å². The van der Waals surface area contributed by atoms with Crippen LogP contribution in [0, 0.1) is 0 Å². The van der Waals surface area contributed by atoms with E-state index in [4.69, 9.17) is 23.7 Å². The van der Waals surface area contributed by atoms with E-state index in [1.54, 1.807) is 33.9 Å². The summed E-state index contributed by atoms with van der Waals surface area (Å²) in [5.74, 6) is 1.56. The van der Waals surface area contributed by atoms with Gasteiger partial charge in [-0.15, -0.1) is 0 Å². The fourth-order valence-electron chi connectivity index (χ4n) is 4.43. The topological polar surface area (TPSA) is 107 Å². The molecule has 0 saturated carbocycles. The van der Waals surface area contributed by atoms with Gasteiger partial charge in [0.1, 0.15) is 11.4 Å². The minimum atomic E-state index is -0.583. The highest BCUT2D eigenvalue weighted by molar-refractivity contribution is 5.96.